The molecule has 0 saturated carbocycles. The van der Waals surface area contributed by atoms with E-state index < -0.39 is 0 Å². The van der Waals surface area contributed by atoms with Crippen molar-refractivity contribution in [2.45, 2.75) is 26.2 Å². The first-order valence-corrected chi connectivity index (χ1v) is 10.4. The Morgan fingerprint density at radius 3 is 2.52 bits per heavy atom. The lowest BCUT2D eigenvalue weighted by Crippen LogP contribution is -2.43. The molecule has 9 heteroatoms. The van der Waals surface area contributed by atoms with E-state index in [1.165, 1.54) is 11.3 Å². The number of aromatic nitrogens is 1. The normalized spacial score (nSPS) is 14.3. The van der Waals surface area contributed by atoms with Crippen LogP contribution in [0.2, 0.25) is 0 Å². The van der Waals surface area contributed by atoms with Gasteiger partial charge in [-0.25, -0.2) is 4.98 Å². The van der Waals surface area contributed by atoms with Gasteiger partial charge in [0, 0.05) is 19.4 Å². The molecule has 29 heavy (non-hydrogen) atoms. The third-order valence-electron chi connectivity index (χ3n) is 4.88. The molecule has 1 fully saturated rings. The summed E-state index contributed by atoms with van der Waals surface area (Å²) >= 11 is 1.42. The fourth-order valence-electron chi connectivity index (χ4n) is 3.27. The number of fused-ring (bicyclic) bond motifs is 1. The van der Waals surface area contributed by atoms with Crippen molar-refractivity contribution in [1.82, 2.24) is 14.8 Å². The summed E-state index contributed by atoms with van der Waals surface area (Å²) in [6.45, 7) is 3.00. The first-order chi connectivity index (χ1) is 13.8. The van der Waals surface area contributed by atoms with Crippen LogP contribution in [-0.2, 0) is 14.4 Å². The molecular formula is C20H26N4O4S. The zero-order valence-electron chi connectivity index (χ0n) is 17.2. The highest BCUT2D eigenvalue weighted by atomic mass is 32.1. The minimum atomic E-state index is -0.303. The molecule has 0 aliphatic carbocycles. The largest absolute Gasteiger partial charge is 0.494 e. The first kappa shape index (κ1) is 21.2. The maximum Gasteiger partial charge on any atom is 0.248 e. The lowest BCUT2D eigenvalue weighted by Gasteiger charge is -2.23. The molecule has 8 nitrogen and oxygen atoms in total. The monoisotopic (exact) mass is 418 g/mol. The molecule has 0 unspecified atom stereocenters. The number of anilines is 1. The van der Waals surface area contributed by atoms with E-state index in [4.69, 9.17) is 4.74 Å². The third-order valence-corrected chi connectivity index (χ3v) is 6.09. The lowest BCUT2D eigenvalue weighted by atomic mass is 10.2. The fraction of sp³-hybridized carbons (Fsp3) is 0.500. The van der Waals surface area contributed by atoms with Crippen molar-refractivity contribution in [3.63, 3.8) is 0 Å². The number of likely N-dealkylation sites (tertiary alicyclic amines) is 1. The number of nitrogens with zero attached hydrogens (tertiary/aromatic N) is 4. The highest BCUT2D eigenvalue weighted by Gasteiger charge is 2.32. The number of hydrogen-bond donors (Lipinski definition) is 0. The summed E-state index contributed by atoms with van der Waals surface area (Å²) in [5, 5.41) is 0.551. The lowest BCUT2D eigenvalue weighted by molar-refractivity contribution is -0.141. The highest BCUT2D eigenvalue weighted by Crippen LogP contribution is 2.36. The Hall–Kier alpha value is -2.52. The number of benzene rings is 1. The molecule has 0 spiro atoms. The van der Waals surface area contributed by atoms with Gasteiger partial charge in [-0.1, -0.05) is 17.4 Å². The summed E-state index contributed by atoms with van der Waals surface area (Å²) in [7, 11) is 5.53. The van der Waals surface area contributed by atoms with Crippen LogP contribution in [0, 0.1) is 6.92 Å². The van der Waals surface area contributed by atoms with E-state index in [0.29, 0.717) is 22.9 Å². The van der Waals surface area contributed by atoms with Crippen LogP contribution < -0.4 is 9.64 Å². The van der Waals surface area contributed by atoms with Crippen molar-refractivity contribution in [2.75, 3.05) is 45.7 Å². The van der Waals surface area contributed by atoms with E-state index in [1.807, 2.05) is 38.1 Å². The number of aryl methyl sites for hydroxylation is 1. The number of carbonyl (C=O) groups is 3. The van der Waals surface area contributed by atoms with Crippen molar-refractivity contribution in [3.8, 4) is 5.75 Å². The smallest absolute Gasteiger partial charge is 0.248 e. The van der Waals surface area contributed by atoms with Crippen LogP contribution in [0.1, 0.15) is 24.8 Å². The Morgan fingerprint density at radius 1 is 1.21 bits per heavy atom. The Balaban J connectivity index is 1.91. The van der Waals surface area contributed by atoms with E-state index in [1.54, 1.807) is 12.0 Å². The van der Waals surface area contributed by atoms with Gasteiger partial charge in [0.15, 0.2) is 5.13 Å². The quantitative estimate of drug-likeness (QED) is 0.610. The van der Waals surface area contributed by atoms with Crippen LogP contribution in [0.15, 0.2) is 12.1 Å². The predicted octanol–water partition coefficient (Wildman–Crippen LogP) is 2.05. The zero-order chi connectivity index (χ0) is 21.1. The van der Waals surface area contributed by atoms with Gasteiger partial charge in [0.1, 0.15) is 17.8 Å². The number of hydrogen-bond acceptors (Lipinski definition) is 7. The number of rotatable bonds is 8. The van der Waals surface area contributed by atoms with Crippen LogP contribution in [0.3, 0.4) is 0 Å². The molecule has 3 rings (SSSR count). The standard InChI is InChI=1S/C20H26N4O4S/c1-13-6-7-14(28-4)18-19(13)29-20(21-18)23(11-5-10-22(2)3)17(27)12-24-15(25)8-9-16(24)26/h6-7H,5,8-12H2,1-4H3. The number of carbonyl (C=O) groups excluding carboxylic acids is 3. The fourth-order valence-corrected chi connectivity index (χ4v) is 4.37. The molecular weight excluding hydrogens is 392 g/mol. The number of thiazole rings is 1. The molecule has 1 aliphatic heterocycles. The molecule has 1 aromatic heterocycles. The summed E-state index contributed by atoms with van der Waals surface area (Å²) in [6.07, 6.45) is 1.08. The van der Waals surface area contributed by atoms with Gasteiger partial charge in [0.2, 0.25) is 17.7 Å². The maximum absolute atomic E-state index is 13.1. The molecule has 0 N–H and O–H groups in total. The topological polar surface area (TPSA) is 83.0 Å². The molecule has 1 aliphatic rings. The molecule has 156 valence electrons. The Labute approximate surface area is 174 Å². The van der Waals surface area contributed by atoms with Crippen molar-refractivity contribution in [1.29, 1.82) is 0 Å². The molecule has 2 heterocycles. The van der Waals surface area contributed by atoms with Gasteiger partial charge < -0.3 is 9.64 Å². The van der Waals surface area contributed by atoms with E-state index in [-0.39, 0.29) is 37.1 Å². The molecule has 0 bridgehead atoms. The van der Waals surface area contributed by atoms with Crippen molar-refractivity contribution < 1.29 is 19.1 Å². The molecule has 1 saturated heterocycles. The second-order valence-corrected chi connectivity index (χ2v) is 8.31. The van der Waals surface area contributed by atoms with E-state index in [2.05, 4.69) is 4.98 Å². The Kier molecular flexibility index (Phi) is 6.49. The van der Waals surface area contributed by atoms with Gasteiger partial charge in [-0.3, -0.25) is 24.2 Å². The van der Waals surface area contributed by atoms with E-state index in [9.17, 15) is 14.4 Å². The predicted molar refractivity (Wildman–Crippen MR) is 112 cm³/mol. The SMILES string of the molecule is COc1ccc(C)c2sc(N(CCCN(C)C)C(=O)CN3C(=O)CCC3=O)nc12. The number of methoxy groups -OCH3 is 1. The Morgan fingerprint density at radius 2 is 1.90 bits per heavy atom. The zero-order valence-corrected chi connectivity index (χ0v) is 18.0. The third kappa shape index (κ3) is 4.56. The van der Waals surface area contributed by atoms with Crippen molar-refractivity contribution in [2.24, 2.45) is 0 Å². The highest BCUT2D eigenvalue weighted by molar-refractivity contribution is 7.22. The number of imide groups is 1. The number of ether oxygens (including phenoxy) is 1. The molecule has 2 aromatic rings. The summed E-state index contributed by atoms with van der Waals surface area (Å²) in [6, 6.07) is 3.82. The van der Waals surface area contributed by atoms with E-state index in [0.717, 1.165) is 28.1 Å². The summed E-state index contributed by atoms with van der Waals surface area (Å²) in [5.74, 6) is -0.237. The average molecular weight is 419 g/mol. The van der Waals surface area contributed by atoms with Gasteiger partial charge in [0.05, 0.1) is 11.8 Å². The van der Waals surface area contributed by atoms with Crippen LogP contribution >= 0.6 is 11.3 Å². The van der Waals surface area contributed by atoms with Gasteiger partial charge >= 0.3 is 0 Å². The van der Waals surface area contributed by atoms with Gasteiger partial charge in [-0.05, 0) is 45.6 Å². The molecule has 3 amide bonds. The number of amides is 3. The second kappa shape index (κ2) is 8.87. The van der Waals surface area contributed by atoms with Crippen LogP contribution in [0.25, 0.3) is 10.2 Å². The second-order valence-electron chi connectivity index (χ2n) is 7.33. The molecule has 0 radical (unpaired) electrons. The minimum absolute atomic E-state index is 0.171. The average Bonchev–Trinajstić information content (AvgIpc) is 3.25. The minimum Gasteiger partial charge on any atom is -0.494 e. The van der Waals surface area contributed by atoms with Crippen LogP contribution in [0.5, 0.6) is 5.75 Å². The van der Waals surface area contributed by atoms with Gasteiger partial charge in [-0.2, -0.15) is 0 Å². The van der Waals surface area contributed by atoms with Gasteiger partial charge in [0.25, 0.3) is 0 Å². The van der Waals surface area contributed by atoms with Crippen LogP contribution in [0.4, 0.5) is 5.13 Å². The first-order valence-electron chi connectivity index (χ1n) is 9.54. The molecule has 0 atom stereocenters. The Bertz CT molecular complexity index is 924. The summed E-state index contributed by atoms with van der Waals surface area (Å²) in [4.78, 5) is 46.3. The van der Waals surface area contributed by atoms with Gasteiger partial charge in [-0.15, -0.1) is 0 Å². The molecule has 1 aromatic carbocycles. The van der Waals surface area contributed by atoms with Crippen molar-refractivity contribution >= 4 is 44.4 Å². The maximum atomic E-state index is 13.1. The van der Waals surface area contributed by atoms with Crippen molar-refractivity contribution in [3.05, 3.63) is 17.7 Å². The summed E-state index contributed by atoms with van der Waals surface area (Å²) < 4.78 is 6.38. The van der Waals surface area contributed by atoms with Crippen LogP contribution in [-0.4, -0.2) is 73.3 Å². The van der Waals surface area contributed by atoms with E-state index >= 15 is 0 Å². The summed E-state index contributed by atoms with van der Waals surface area (Å²) in [5.41, 5.74) is 1.77.